The van der Waals surface area contributed by atoms with Crippen molar-refractivity contribution in [3.8, 4) is 0 Å². The van der Waals surface area contributed by atoms with Crippen molar-refractivity contribution in [2.45, 2.75) is 19.3 Å². The second kappa shape index (κ2) is 7.14. The van der Waals surface area contributed by atoms with Crippen LogP contribution in [0.3, 0.4) is 0 Å². The topological polar surface area (TPSA) is 54.0 Å². The molecule has 0 bridgehead atoms. The quantitative estimate of drug-likeness (QED) is 0.902. The van der Waals surface area contributed by atoms with E-state index in [1.807, 2.05) is 0 Å². The largest absolute Gasteiger partial charge is 0.316 e. The van der Waals surface area contributed by atoms with E-state index in [1.54, 1.807) is 6.20 Å². The Bertz CT molecular complexity index is 698. The number of hydrogen-bond donors (Lipinski definition) is 2. The lowest BCUT2D eigenvalue weighted by Crippen LogP contribution is -2.37. The number of amides is 1. The maximum atomic E-state index is 13.7. The number of rotatable bonds is 4. The van der Waals surface area contributed by atoms with Gasteiger partial charge < -0.3 is 10.6 Å². The summed E-state index contributed by atoms with van der Waals surface area (Å²) in [5.74, 6) is -1.24. The molecule has 1 aliphatic heterocycles. The molecule has 7 heteroatoms. The Morgan fingerprint density at radius 1 is 1.43 bits per heavy atom. The second-order valence-electron chi connectivity index (χ2n) is 5.58. The van der Waals surface area contributed by atoms with Crippen LogP contribution in [-0.4, -0.2) is 24.0 Å². The summed E-state index contributed by atoms with van der Waals surface area (Å²) in [7, 11) is 0. The molecule has 122 valence electrons. The van der Waals surface area contributed by atoms with E-state index >= 15 is 0 Å². The Labute approximate surface area is 136 Å². The number of thiazole rings is 1. The van der Waals surface area contributed by atoms with Gasteiger partial charge >= 0.3 is 0 Å². The second-order valence-corrected chi connectivity index (χ2v) is 6.69. The minimum Gasteiger partial charge on any atom is -0.316 e. The van der Waals surface area contributed by atoms with Gasteiger partial charge in [0, 0.05) is 30.1 Å². The predicted molar refractivity (Wildman–Crippen MR) is 85.5 cm³/mol. The Kier molecular flexibility index (Phi) is 4.97. The molecular weight excluding hydrogens is 320 g/mol. The van der Waals surface area contributed by atoms with E-state index in [4.69, 9.17) is 0 Å². The van der Waals surface area contributed by atoms with Gasteiger partial charge in [0.1, 0.15) is 11.6 Å². The summed E-state index contributed by atoms with van der Waals surface area (Å²) in [5, 5.41) is 6.53. The van der Waals surface area contributed by atoms with Crippen molar-refractivity contribution in [2.75, 3.05) is 18.4 Å². The Hall–Kier alpha value is -1.86. The van der Waals surface area contributed by atoms with Crippen molar-refractivity contribution in [2.24, 2.45) is 5.92 Å². The molecule has 1 fully saturated rings. The van der Waals surface area contributed by atoms with E-state index in [2.05, 4.69) is 15.6 Å². The van der Waals surface area contributed by atoms with E-state index in [-0.39, 0.29) is 11.8 Å². The number of anilines is 1. The molecule has 1 unspecified atom stereocenters. The number of carbonyl (C=O) groups excluding carboxylic acids is 1. The fourth-order valence-electron chi connectivity index (χ4n) is 2.58. The molecule has 0 saturated carbocycles. The van der Waals surface area contributed by atoms with Crippen molar-refractivity contribution in [3.05, 3.63) is 46.5 Å². The van der Waals surface area contributed by atoms with Crippen molar-refractivity contribution >= 4 is 22.4 Å². The smallest absolute Gasteiger partial charge is 0.230 e. The standard InChI is InChI=1S/C16H17F2N3OS/c17-12-4-3-10(14(18)7-12)6-13-9-20-16(23-13)21-15(22)11-2-1-5-19-8-11/h3-4,7,9,11,19H,1-2,5-6,8H2,(H,20,21,22). The SMILES string of the molecule is O=C(Nc1ncc(Cc2ccc(F)cc2F)s1)C1CCCNC1. The third-order valence-corrected chi connectivity index (χ3v) is 4.74. The number of nitrogens with zero attached hydrogens (tertiary/aromatic N) is 1. The van der Waals surface area contributed by atoms with Crippen LogP contribution in [0.25, 0.3) is 0 Å². The Morgan fingerprint density at radius 2 is 2.30 bits per heavy atom. The zero-order chi connectivity index (χ0) is 16.2. The van der Waals surface area contributed by atoms with Gasteiger partial charge in [-0.2, -0.15) is 0 Å². The fraction of sp³-hybridized carbons (Fsp3) is 0.375. The first kappa shape index (κ1) is 16.0. The van der Waals surface area contributed by atoms with Crippen LogP contribution in [0.1, 0.15) is 23.3 Å². The van der Waals surface area contributed by atoms with Crippen LogP contribution in [0.4, 0.5) is 13.9 Å². The van der Waals surface area contributed by atoms with Crippen LogP contribution in [-0.2, 0) is 11.2 Å². The first-order chi connectivity index (χ1) is 11.1. The molecule has 0 spiro atoms. The summed E-state index contributed by atoms with van der Waals surface area (Å²) < 4.78 is 26.6. The van der Waals surface area contributed by atoms with Crippen LogP contribution in [0, 0.1) is 17.6 Å². The minimum absolute atomic E-state index is 0.0361. The summed E-state index contributed by atoms with van der Waals surface area (Å²) in [6.07, 6.45) is 3.80. The van der Waals surface area contributed by atoms with Gasteiger partial charge in [-0.1, -0.05) is 6.07 Å². The summed E-state index contributed by atoms with van der Waals surface area (Å²) in [5.41, 5.74) is 0.407. The Morgan fingerprint density at radius 3 is 3.04 bits per heavy atom. The van der Waals surface area contributed by atoms with Crippen LogP contribution in [0.5, 0.6) is 0 Å². The third kappa shape index (κ3) is 4.11. The molecular formula is C16H17F2N3OS. The molecule has 1 aliphatic rings. The third-order valence-electron chi connectivity index (χ3n) is 3.83. The number of carbonyl (C=O) groups is 1. The normalized spacial score (nSPS) is 17.9. The van der Waals surface area contributed by atoms with E-state index in [0.29, 0.717) is 23.7 Å². The van der Waals surface area contributed by atoms with Crippen molar-refractivity contribution in [1.29, 1.82) is 0 Å². The highest BCUT2D eigenvalue weighted by molar-refractivity contribution is 7.15. The Balaban J connectivity index is 1.62. The lowest BCUT2D eigenvalue weighted by molar-refractivity contribution is -0.120. The number of nitrogens with one attached hydrogen (secondary N) is 2. The van der Waals surface area contributed by atoms with Gasteiger partial charge in [-0.3, -0.25) is 4.79 Å². The van der Waals surface area contributed by atoms with Gasteiger partial charge in [0.15, 0.2) is 5.13 Å². The summed E-state index contributed by atoms with van der Waals surface area (Å²) in [6.45, 7) is 1.64. The minimum atomic E-state index is -0.593. The molecule has 1 saturated heterocycles. The number of piperidine rings is 1. The highest BCUT2D eigenvalue weighted by atomic mass is 32.1. The van der Waals surface area contributed by atoms with Gasteiger partial charge in [0.05, 0.1) is 5.92 Å². The highest BCUT2D eigenvalue weighted by Crippen LogP contribution is 2.23. The van der Waals surface area contributed by atoms with E-state index < -0.39 is 11.6 Å². The molecule has 1 atom stereocenters. The van der Waals surface area contributed by atoms with Gasteiger partial charge in [-0.05, 0) is 31.0 Å². The summed E-state index contributed by atoms with van der Waals surface area (Å²) in [6, 6.07) is 3.53. The van der Waals surface area contributed by atoms with Gasteiger partial charge in [-0.15, -0.1) is 11.3 Å². The molecule has 0 radical (unpaired) electrons. The van der Waals surface area contributed by atoms with Crippen molar-refractivity contribution < 1.29 is 13.6 Å². The van der Waals surface area contributed by atoms with Crippen molar-refractivity contribution in [3.63, 3.8) is 0 Å². The zero-order valence-electron chi connectivity index (χ0n) is 12.4. The number of aromatic nitrogens is 1. The van der Waals surface area contributed by atoms with Crippen LogP contribution in [0.15, 0.2) is 24.4 Å². The van der Waals surface area contributed by atoms with Crippen LogP contribution < -0.4 is 10.6 Å². The molecule has 23 heavy (non-hydrogen) atoms. The first-order valence-corrected chi connectivity index (χ1v) is 8.33. The molecule has 1 aromatic carbocycles. The fourth-order valence-corrected chi connectivity index (χ4v) is 3.42. The lowest BCUT2D eigenvalue weighted by Gasteiger charge is -2.21. The maximum absolute atomic E-state index is 13.7. The molecule has 0 aliphatic carbocycles. The molecule has 2 N–H and O–H groups in total. The molecule has 1 aromatic heterocycles. The average Bonchev–Trinajstić information content (AvgIpc) is 2.98. The zero-order valence-corrected chi connectivity index (χ0v) is 13.3. The van der Waals surface area contributed by atoms with E-state index in [9.17, 15) is 13.6 Å². The van der Waals surface area contributed by atoms with Gasteiger partial charge in [-0.25, -0.2) is 13.8 Å². The van der Waals surface area contributed by atoms with Gasteiger partial charge in [0.2, 0.25) is 5.91 Å². The number of hydrogen-bond acceptors (Lipinski definition) is 4. The van der Waals surface area contributed by atoms with E-state index in [0.717, 1.165) is 30.3 Å². The molecule has 2 aromatic rings. The molecule has 4 nitrogen and oxygen atoms in total. The molecule has 3 rings (SSSR count). The average molecular weight is 337 g/mol. The highest BCUT2D eigenvalue weighted by Gasteiger charge is 2.21. The van der Waals surface area contributed by atoms with Crippen molar-refractivity contribution in [1.82, 2.24) is 10.3 Å². The van der Waals surface area contributed by atoms with E-state index in [1.165, 1.54) is 23.5 Å². The van der Waals surface area contributed by atoms with Crippen LogP contribution >= 0.6 is 11.3 Å². The van der Waals surface area contributed by atoms with Gasteiger partial charge in [0.25, 0.3) is 0 Å². The van der Waals surface area contributed by atoms with Crippen LogP contribution in [0.2, 0.25) is 0 Å². The molecule has 2 heterocycles. The lowest BCUT2D eigenvalue weighted by atomic mass is 9.99. The summed E-state index contributed by atoms with van der Waals surface area (Å²) >= 11 is 1.31. The maximum Gasteiger partial charge on any atom is 0.230 e. The summed E-state index contributed by atoms with van der Waals surface area (Å²) in [4.78, 5) is 17.1. The predicted octanol–water partition coefficient (Wildman–Crippen LogP) is 2.95. The number of halogens is 2. The monoisotopic (exact) mass is 337 g/mol. The molecule has 1 amide bonds. The first-order valence-electron chi connectivity index (χ1n) is 7.52. The number of benzene rings is 1.